The second-order valence-electron chi connectivity index (χ2n) is 2.40. The molecule has 0 saturated heterocycles. The molecule has 3 N–H and O–H groups in total. The summed E-state index contributed by atoms with van der Waals surface area (Å²) in [6, 6.07) is 1.33. The van der Waals surface area contributed by atoms with E-state index in [1.807, 2.05) is 0 Å². The molecule has 0 saturated carbocycles. The number of pyridine rings is 1. The Bertz CT molecular complexity index is 302. The zero-order chi connectivity index (χ0) is 9.30. The van der Waals surface area contributed by atoms with Gasteiger partial charge in [-0.05, 0) is 18.6 Å². The van der Waals surface area contributed by atoms with Crippen LogP contribution in [0.5, 0.6) is 5.75 Å². The van der Waals surface area contributed by atoms with Gasteiger partial charge in [0.2, 0.25) is 0 Å². The van der Waals surface area contributed by atoms with Gasteiger partial charge in [-0.15, -0.1) is 0 Å². The fourth-order valence-electron chi connectivity index (χ4n) is 0.869. The van der Waals surface area contributed by atoms with E-state index >= 15 is 0 Å². The Morgan fingerprint density at radius 3 is 2.67 bits per heavy atom. The number of nitrogens with two attached hydrogens (primary N) is 1. The fraction of sp³-hybridized carbons (Fsp3) is 0.286. The van der Waals surface area contributed by atoms with Gasteiger partial charge in [-0.3, -0.25) is 0 Å². The fourth-order valence-corrected chi connectivity index (χ4v) is 0.869. The first-order valence-corrected chi connectivity index (χ1v) is 3.26. The molecule has 1 aromatic heterocycles. The van der Waals surface area contributed by atoms with Crippen molar-refractivity contribution < 1.29 is 13.9 Å². The highest BCUT2D eigenvalue weighted by molar-refractivity contribution is 5.44. The van der Waals surface area contributed by atoms with E-state index in [-0.39, 0.29) is 5.82 Å². The van der Waals surface area contributed by atoms with Crippen LogP contribution in [0.1, 0.15) is 17.7 Å². The van der Waals surface area contributed by atoms with Gasteiger partial charge in [-0.2, -0.15) is 0 Å². The Labute approximate surface area is 67.8 Å². The van der Waals surface area contributed by atoms with E-state index in [2.05, 4.69) is 4.98 Å². The van der Waals surface area contributed by atoms with Gasteiger partial charge >= 0.3 is 0 Å². The quantitative estimate of drug-likeness (QED) is 0.680. The van der Waals surface area contributed by atoms with Crippen LogP contribution in [0, 0.1) is 6.92 Å². The minimum atomic E-state index is -2.80. The Kier molecular flexibility index (Phi) is 2.12. The van der Waals surface area contributed by atoms with Crippen molar-refractivity contribution in [3.8, 4) is 5.75 Å². The molecule has 0 amide bonds. The largest absolute Gasteiger partial charge is 0.506 e. The van der Waals surface area contributed by atoms with Crippen LogP contribution >= 0.6 is 0 Å². The van der Waals surface area contributed by atoms with E-state index in [9.17, 15) is 8.78 Å². The molecule has 0 unspecified atom stereocenters. The maximum Gasteiger partial charge on any atom is 0.284 e. The molecule has 0 atom stereocenters. The molecule has 0 aliphatic rings. The third-order valence-corrected chi connectivity index (χ3v) is 1.44. The summed E-state index contributed by atoms with van der Waals surface area (Å²) in [7, 11) is 0. The van der Waals surface area contributed by atoms with Crippen LogP contribution in [0.3, 0.4) is 0 Å². The predicted octanol–water partition coefficient (Wildman–Crippen LogP) is 1.62. The lowest BCUT2D eigenvalue weighted by Crippen LogP contribution is -1.98. The van der Waals surface area contributed by atoms with Crippen LogP contribution in [0.15, 0.2) is 6.07 Å². The van der Waals surface area contributed by atoms with E-state index in [0.29, 0.717) is 5.56 Å². The normalized spacial score (nSPS) is 10.7. The van der Waals surface area contributed by atoms with Gasteiger partial charge in [0.25, 0.3) is 6.43 Å². The van der Waals surface area contributed by atoms with Crippen LogP contribution in [0.2, 0.25) is 0 Å². The van der Waals surface area contributed by atoms with E-state index < -0.39 is 17.9 Å². The molecule has 66 valence electrons. The highest BCUT2D eigenvalue weighted by atomic mass is 19.3. The molecular weight excluding hydrogens is 166 g/mol. The molecule has 0 fully saturated rings. The molecule has 0 bridgehead atoms. The summed E-state index contributed by atoms with van der Waals surface area (Å²) < 4.78 is 24.2. The van der Waals surface area contributed by atoms with Gasteiger partial charge in [-0.1, -0.05) is 0 Å². The average molecular weight is 174 g/mol. The lowest BCUT2D eigenvalue weighted by molar-refractivity contribution is 0.142. The standard InChI is InChI=1S/C7H8F2N2O/c1-3-2-4(10)11-5(6(3)12)7(8)9/h2,7,12H,1H3,(H2,10,11). The van der Waals surface area contributed by atoms with Crippen molar-refractivity contribution in [1.29, 1.82) is 0 Å². The lowest BCUT2D eigenvalue weighted by atomic mass is 10.2. The molecule has 12 heavy (non-hydrogen) atoms. The molecule has 1 rings (SSSR count). The van der Waals surface area contributed by atoms with Crippen molar-refractivity contribution in [2.45, 2.75) is 13.3 Å². The van der Waals surface area contributed by atoms with Gasteiger partial charge in [0, 0.05) is 0 Å². The number of aromatic nitrogens is 1. The molecule has 0 aliphatic carbocycles. The zero-order valence-corrected chi connectivity index (χ0v) is 6.38. The molecule has 1 heterocycles. The summed E-state index contributed by atoms with van der Waals surface area (Å²) in [6.45, 7) is 1.49. The topological polar surface area (TPSA) is 59.1 Å². The maximum atomic E-state index is 12.1. The van der Waals surface area contributed by atoms with Crippen molar-refractivity contribution in [3.05, 3.63) is 17.3 Å². The van der Waals surface area contributed by atoms with Gasteiger partial charge in [-0.25, -0.2) is 13.8 Å². The number of rotatable bonds is 1. The van der Waals surface area contributed by atoms with Gasteiger partial charge in [0.1, 0.15) is 11.6 Å². The second-order valence-corrected chi connectivity index (χ2v) is 2.40. The summed E-state index contributed by atoms with van der Waals surface area (Å²) in [5.41, 5.74) is 4.85. The minimum Gasteiger partial charge on any atom is -0.506 e. The van der Waals surface area contributed by atoms with Crippen LogP contribution in [0.25, 0.3) is 0 Å². The number of hydrogen-bond acceptors (Lipinski definition) is 3. The Hall–Kier alpha value is -1.39. The molecule has 0 aromatic carbocycles. The molecule has 0 spiro atoms. The number of aromatic hydroxyl groups is 1. The maximum absolute atomic E-state index is 12.1. The number of halogens is 2. The summed E-state index contributed by atoms with van der Waals surface area (Å²) in [6.07, 6.45) is -2.80. The molecular formula is C7H8F2N2O. The Morgan fingerprint density at radius 2 is 2.17 bits per heavy atom. The third kappa shape index (κ3) is 1.44. The van der Waals surface area contributed by atoms with Crippen molar-refractivity contribution >= 4 is 5.82 Å². The first-order valence-electron chi connectivity index (χ1n) is 3.26. The van der Waals surface area contributed by atoms with Crippen molar-refractivity contribution in [3.63, 3.8) is 0 Å². The third-order valence-electron chi connectivity index (χ3n) is 1.44. The first kappa shape index (κ1) is 8.70. The highest BCUT2D eigenvalue weighted by Gasteiger charge is 2.16. The van der Waals surface area contributed by atoms with Crippen molar-refractivity contribution in [1.82, 2.24) is 4.98 Å². The SMILES string of the molecule is Cc1cc(N)nc(C(F)F)c1O. The summed E-state index contributed by atoms with van der Waals surface area (Å²) >= 11 is 0. The Morgan fingerprint density at radius 1 is 1.58 bits per heavy atom. The highest BCUT2D eigenvalue weighted by Crippen LogP contribution is 2.29. The van der Waals surface area contributed by atoms with E-state index in [0.717, 1.165) is 0 Å². The van der Waals surface area contributed by atoms with Gasteiger partial charge in [0.15, 0.2) is 5.69 Å². The van der Waals surface area contributed by atoms with Crippen LogP contribution in [-0.4, -0.2) is 10.1 Å². The summed E-state index contributed by atoms with van der Waals surface area (Å²) in [5.74, 6) is -0.500. The Balaban J connectivity index is 3.28. The van der Waals surface area contributed by atoms with Crippen molar-refractivity contribution in [2.75, 3.05) is 5.73 Å². The number of nitrogens with zero attached hydrogens (tertiary/aromatic N) is 1. The number of anilines is 1. The zero-order valence-electron chi connectivity index (χ0n) is 6.38. The smallest absolute Gasteiger partial charge is 0.284 e. The number of aryl methyl sites for hydroxylation is 1. The minimum absolute atomic E-state index is 0.0133. The predicted molar refractivity (Wildman–Crippen MR) is 40.0 cm³/mol. The lowest BCUT2D eigenvalue weighted by Gasteiger charge is -2.05. The van der Waals surface area contributed by atoms with E-state index in [1.54, 1.807) is 0 Å². The van der Waals surface area contributed by atoms with Gasteiger partial charge < -0.3 is 10.8 Å². The number of nitrogen functional groups attached to an aromatic ring is 1. The second kappa shape index (κ2) is 2.92. The number of alkyl halides is 2. The number of hydrogen-bond donors (Lipinski definition) is 2. The van der Waals surface area contributed by atoms with Crippen LogP contribution in [-0.2, 0) is 0 Å². The average Bonchev–Trinajstić information content (AvgIpc) is 1.96. The summed E-state index contributed by atoms with van der Waals surface area (Å²) in [5, 5.41) is 9.09. The molecule has 1 aromatic rings. The first-order chi connectivity index (χ1) is 5.52. The summed E-state index contributed by atoms with van der Waals surface area (Å²) in [4.78, 5) is 3.31. The van der Waals surface area contributed by atoms with Crippen LogP contribution in [0.4, 0.5) is 14.6 Å². The monoisotopic (exact) mass is 174 g/mol. The van der Waals surface area contributed by atoms with Crippen LogP contribution < -0.4 is 5.73 Å². The van der Waals surface area contributed by atoms with Crippen molar-refractivity contribution in [2.24, 2.45) is 0 Å². The molecule has 5 heteroatoms. The molecule has 3 nitrogen and oxygen atoms in total. The van der Waals surface area contributed by atoms with Gasteiger partial charge in [0.05, 0.1) is 0 Å². The molecule has 0 radical (unpaired) electrons. The van der Waals surface area contributed by atoms with E-state index in [4.69, 9.17) is 10.8 Å². The molecule has 0 aliphatic heterocycles. The van der Waals surface area contributed by atoms with E-state index in [1.165, 1.54) is 13.0 Å².